The lowest BCUT2D eigenvalue weighted by Crippen LogP contribution is -2.12. The van der Waals surface area contributed by atoms with Gasteiger partial charge in [0.05, 0.1) is 6.10 Å². The van der Waals surface area contributed by atoms with Crippen LogP contribution in [0.1, 0.15) is 27.7 Å². The van der Waals surface area contributed by atoms with Crippen LogP contribution in [-0.2, 0) is 0 Å². The van der Waals surface area contributed by atoms with Crippen molar-refractivity contribution >= 4 is 0 Å². The molecule has 1 nitrogen and oxygen atoms in total. The topological polar surface area (TPSA) is 20.2 Å². The van der Waals surface area contributed by atoms with E-state index in [9.17, 15) is 5.11 Å². The molecule has 0 radical (unpaired) electrons. The molecule has 0 saturated heterocycles. The lowest BCUT2D eigenvalue weighted by molar-refractivity contribution is 0.252. The third-order valence-corrected chi connectivity index (χ3v) is 2.78. The van der Waals surface area contributed by atoms with Crippen LogP contribution in [0.15, 0.2) is 59.3 Å². The van der Waals surface area contributed by atoms with E-state index in [0.29, 0.717) is 0 Å². The average Bonchev–Trinajstić information content (AvgIpc) is 2.57. The van der Waals surface area contributed by atoms with Crippen LogP contribution in [-0.4, -0.2) is 11.2 Å². The smallest absolute Gasteiger partial charge is 0.0946 e. The molecule has 0 aromatic heterocycles. The Bertz CT molecular complexity index is 405. The zero-order chi connectivity index (χ0) is 12.8. The molecule has 0 bridgehead atoms. The van der Waals surface area contributed by atoms with E-state index < -0.39 is 6.10 Å². The van der Waals surface area contributed by atoms with Crippen molar-refractivity contribution in [1.82, 2.24) is 0 Å². The van der Waals surface area contributed by atoms with E-state index in [2.05, 4.69) is 44.2 Å². The molecule has 2 aliphatic carbocycles. The normalized spacial score (nSPS) is 26.5. The first kappa shape index (κ1) is 13.7. The van der Waals surface area contributed by atoms with Crippen LogP contribution in [0, 0.1) is 5.92 Å². The summed E-state index contributed by atoms with van der Waals surface area (Å²) in [6.07, 6.45) is 13.9. The second-order valence-corrected chi connectivity index (χ2v) is 4.18. The standard InChI is InChI=1S/C14H16O.C2H6/c1-10-4-3-5-12-8-11(2)6-7-14(15)13(12)9-10;1-2/h3-9,12,14-15H,1-2H3;1-2H3. The van der Waals surface area contributed by atoms with E-state index >= 15 is 0 Å². The third-order valence-electron chi connectivity index (χ3n) is 2.78. The molecule has 2 atom stereocenters. The molecule has 2 rings (SSSR count). The molecular formula is C16H22O. The zero-order valence-electron chi connectivity index (χ0n) is 11.1. The Balaban J connectivity index is 0.000000686. The van der Waals surface area contributed by atoms with Gasteiger partial charge in [0.2, 0.25) is 0 Å². The second-order valence-electron chi connectivity index (χ2n) is 4.18. The highest BCUT2D eigenvalue weighted by Gasteiger charge is 2.18. The SMILES string of the molecule is CC.CC1=CC=CC2C=C(C)C=CC(O)C2=C1. The minimum Gasteiger partial charge on any atom is -0.385 e. The van der Waals surface area contributed by atoms with Crippen LogP contribution >= 0.6 is 0 Å². The van der Waals surface area contributed by atoms with Gasteiger partial charge in [-0.25, -0.2) is 0 Å². The van der Waals surface area contributed by atoms with E-state index in [1.54, 1.807) is 0 Å². The molecular weight excluding hydrogens is 208 g/mol. The molecule has 17 heavy (non-hydrogen) atoms. The lowest BCUT2D eigenvalue weighted by atomic mass is 9.93. The van der Waals surface area contributed by atoms with Crippen LogP contribution in [0.2, 0.25) is 0 Å². The monoisotopic (exact) mass is 230 g/mol. The predicted molar refractivity (Wildman–Crippen MR) is 74.7 cm³/mol. The van der Waals surface area contributed by atoms with Crippen LogP contribution in [0.5, 0.6) is 0 Å². The fraction of sp³-hybridized carbons (Fsp3) is 0.375. The summed E-state index contributed by atoms with van der Waals surface area (Å²) in [5, 5.41) is 10.00. The van der Waals surface area contributed by atoms with Crippen molar-refractivity contribution in [1.29, 1.82) is 0 Å². The number of allylic oxidation sites excluding steroid dienone is 8. The van der Waals surface area contributed by atoms with Gasteiger partial charge >= 0.3 is 0 Å². The summed E-state index contributed by atoms with van der Waals surface area (Å²) in [5.41, 5.74) is 3.45. The minimum absolute atomic E-state index is 0.226. The first-order valence-electron chi connectivity index (χ1n) is 6.28. The first-order chi connectivity index (χ1) is 8.16. The summed E-state index contributed by atoms with van der Waals surface area (Å²) in [4.78, 5) is 0. The van der Waals surface area contributed by atoms with Gasteiger partial charge in [-0.2, -0.15) is 0 Å². The van der Waals surface area contributed by atoms with Gasteiger partial charge in [0.25, 0.3) is 0 Å². The van der Waals surface area contributed by atoms with Crippen molar-refractivity contribution in [3.05, 3.63) is 59.3 Å². The Morgan fingerprint density at radius 3 is 2.47 bits per heavy atom. The number of hydrogen-bond donors (Lipinski definition) is 1. The number of hydrogen-bond acceptors (Lipinski definition) is 1. The maximum atomic E-state index is 10.00. The van der Waals surface area contributed by atoms with Gasteiger partial charge in [-0.05, 0) is 19.4 Å². The van der Waals surface area contributed by atoms with Crippen molar-refractivity contribution in [2.24, 2.45) is 5.92 Å². The summed E-state index contributed by atoms with van der Waals surface area (Å²) in [7, 11) is 0. The van der Waals surface area contributed by atoms with Gasteiger partial charge in [-0.1, -0.05) is 67.5 Å². The second kappa shape index (κ2) is 6.41. The van der Waals surface area contributed by atoms with Gasteiger partial charge in [-0.3, -0.25) is 0 Å². The van der Waals surface area contributed by atoms with Gasteiger partial charge < -0.3 is 5.11 Å². The van der Waals surface area contributed by atoms with Gasteiger partial charge in [0.15, 0.2) is 0 Å². The third kappa shape index (κ3) is 3.57. The van der Waals surface area contributed by atoms with Crippen LogP contribution in [0.4, 0.5) is 0 Å². The van der Waals surface area contributed by atoms with Crippen molar-refractivity contribution in [3.63, 3.8) is 0 Å². The summed E-state index contributed by atoms with van der Waals surface area (Å²) in [6.45, 7) is 8.11. The van der Waals surface area contributed by atoms with Crippen molar-refractivity contribution in [3.8, 4) is 0 Å². The number of aliphatic hydroxyl groups excluding tert-OH is 1. The fourth-order valence-electron chi connectivity index (χ4n) is 1.97. The molecule has 0 spiro atoms. The van der Waals surface area contributed by atoms with E-state index in [1.807, 2.05) is 26.0 Å². The molecule has 0 amide bonds. The Kier molecular flexibility index (Phi) is 5.17. The molecule has 2 aliphatic rings. The van der Waals surface area contributed by atoms with Crippen LogP contribution in [0.25, 0.3) is 0 Å². The molecule has 0 aliphatic heterocycles. The Morgan fingerprint density at radius 1 is 1.06 bits per heavy atom. The molecule has 0 heterocycles. The highest BCUT2D eigenvalue weighted by molar-refractivity contribution is 5.42. The van der Waals surface area contributed by atoms with Gasteiger partial charge in [0.1, 0.15) is 0 Å². The maximum absolute atomic E-state index is 10.00. The van der Waals surface area contributed by atoms with Crippen molar-refractivity contribution in [2.75, 3.05) is 0 Å². The molecule has 0 aromatic carbocycles. The quantitative estimate of drug-likeness (QED) is 0.668. The molecule has 1 N–H and O–H groups in total. The minimum atomic E-state index is -0.463. The maximum Gasteiger partial charge on any atom is 0.0946 e. The lowest BCUT2D eigenvalue weighted by Gasteiger charge is -2.15. The van der Waals surface area contributed by atoms with Crippen molar-refractivity contribution < 1.29 is 5.11 Å². The van der Waals surface area contributed by atoms with E-state index in [1.165, 1.54) is 11.1 Å². The number of rotatable bonds is 0. The molecule has 2 unspecified atom stereocenters. The summed E-state index contributed by atoms with van der Waals surface area (Å²) in [6, 6.07) is 0. The summed E-state index contributed by atoms with van der Waals surface area (Å²) < 4.78 is 0. The highest BCUT2D eigenvalue weighted by atomic mass is 16.3. The summed E-state index contributed by atoms with van der Waals surface area (Å²) >= 11 is 0. The Morgan fingerprint density at radius 2 is 1.76 bits per heavy atom. The molecule has 0 fully saturated rings. The largest absolute Gasteiger partial charge is 0.385 e. The first-order valence-corrected chi connectivity index (χ1v) is 6.28. The average molecular weight is 230 g/mol. The molecule has 1 heteroatoms. The predicted octanol–water partition coefficient (Wildman–Crippen LogP) is 3.95. The number of aliphatic hydroxyl groups is 1. The number of fused-ring (bicyclic) bond motifs is 1. The van der Waals surface area contributed by atoms with E-state index in [0.717, 1.165) is 5.57 Å². The van der Waals surface area contributed by atoms with Gasteiger partial charge in [-0.15, -0.1) is 0 Å². The molecule has 0 aromatic rings. The van der Waals surface area contributed by atoms with Crippen molar-refractivity contribution in [2.45, 2.75) is 33.8 Å². The highest BCUT2D eigenvalue weighted by Crippen LogP contribution is 2.27. The Labute approximate surface area is 105 Å². The zero-order valence-corrected chi connectivity index (χ0v) is 11.1. The summed E-state index contributed by atoms with van der Waals surface area (Å²) in [5.74, 6) is 0.226. The molecule has 0 saturated carbocycles. The molecule has 92 valence electrons. The Hall–Kier alpha value is -1.34. The van der Waals surface area contributed by atoms with Gasteiger partial charge in [0, 0.05) is 5.92 Å². The van der Waals surface area contributed by atoms with E-state index in [4.69, 9.17) is 0 Å². The van der Waals surface area contributed by atoms with Crippen LogP contribution < -0.4 is 0 Å². The fourth-order valence-corrected chi connectivity index (χ4v) is 1.97. The van der Waals surface area contributed by atoms with E-state index in [-0.39, 0.29) is 5.92 Å². The van der Waals surface area contributed by atoms with Crippen LogP contribution in [0.3, 0.4) is 0 Å².